The molecular formula is C16H14N2OS. The van der Waals surface area contributed by atoms with Crippen molar-refractivity contribution in [3.8, 4) is 16.9 Å². The minimum Gasteiger partial charge on any atom is -0.508 e. The Morgan fingerprint density at radius 2 is 1.85 bits per heavy atom. The summed E-state index contributed by atoms with van der Waals surface area (Å²) in [4.78, 5) is 5.91. The summed E-state index contributed by atoms with van der Waals surface area (Å²) in [5.74, 6) is 1.43. The van der Waals surface area contributed by atoms with E-state index < -0.39 is 0 Å². The van der Waals surface area contributed by atoms with E-state index in [-0.39, 0.29) is 0 Å². The van der Waals surface area contributed by atoms with Crippen LogP contribution in [-0.4, -0.2) is 28.3 Å². The van der Waals surface area contributed by atoms with Crippen molar-refractivity contribution in [1.82, 2.24) is 4.31 Å². The van der Waals surface area contributed by atoms with Crippen molar-refractivity contribution >= 4 is 17.8 Å². The molecule has 2 aliphatic rings. The lowest BCUT2D eigenvalue weighted by Crippen LogP contribution is -2.26. The SMILES string of the molecule is Oc1ccc(-c2ccc3c(c2)SN2CCCN=C32)cc1. The fraction of sp³-hybridized carbons (Fsp3) is 0.188. The molecule has 4 rings (SSSR count). The molecular weight excluding hydrogens is 268 g/mol. The van der Waals surface area contributed by atoms with Crippen molar-refractivity contribution in [1.29, 1.82) is 0 Å². The number of phenolic OH excluding ortho intramolecular Hbond substituents is 1. The summed E-state index contributed by atoms with van der Waals surface area (Å²) in [6.07, 6.45) is 1.13. The van der Waals surface area contributed by atoms with Crippen LogP contribution in [0.1, 0.15) is 12.0 Å². The van der Waals surface area contributed by atoms with Crippen molar-refractivity contribution in [3.05, 3.63) is 48.0 Å². The number of hydrogen-bond acceptors (Lipinski definition) is 4. The molecule has 0 saturated carbocycles. The van der Waals surface area contributed by atoms with Gasteiger partial charge in [0.15, 0.2) is 0 Å². The summed E-state index contributed by atoms with van der Waals surface area (Å²) in [6.45, 7) is 2.01. The van der Waals surface area contributed by atoms with E-state index in [0.29, 0.717) is 5.75 Å². The Morgan fingerprint density at radius 3 is 2.70 bits per heavy atom. The van der Waals surface area contributed by atoms with E-state index in [1.807, 2.05) is 12.1 Å². The summed E-state index contributed by atoms with van der Waals surface area (Å²) < 4.78 is 2.29. The molecule has 2 heterocycles. The number of rotatable bonds is 1. The molecule has 0 fully saturated rings. The summed E-state index contributed by atoms with van der Waals surface area (Å²) >= 11 is 1.79. The molecule has 2 aliphatic heterocycles. The number of amidine groups is 1. The highest BCUT2D eigenvalue weighted by atomic mass is 32.2. The van der Waals surface area contributed by atoms with Crippen molar-refractivity contribution < 1.29 is 5.11 Å². The van der Waals surface area contributed by atoms with Crippen LogP contribution in [0, 0.1) is 0 Å². The van der Waals surface area contributed by atoms with Gasteiger partial charge in [-0.25, -0.2) is 0 Å². The molecule has 0 aliphatic carbocycles. The maximum Gasteiger partial charge on any atom is 0.142 e. The third-order valence-corrected chi connectivity index (χ3v) is 4.76. The van der Waals surface area contributed by atoms with E-state index >= 15 is 0 Å². The molecule has 0 amide bonds. The van der Waals surface area contributed by atoms with Gasteiger partial charge in [0.2, 0.25) is 0 Å². The zero-order valence-corrected chi connectivity index (χ0v) is 11.7. The number of phenols is 1. The molecule has 100 valence electrons. The molecule has 0 radical (unpaired) electrons. The predicted octanol–water partition coefficient (Wildman–Crippen LogP) is 3.53. The first-order valence-electron chi connectivity index (χ1n) is 6.75. The Morgan fingerprint density at radius 1 is 1.05 bits per heavy atom. The maximum absolute atomic E-state index is 9.37. The Bertz CT molecular complexity index is 694. The zero-order valence-electron chi connectivity index (χ0n) is 10.9. The number of fused-ring (bicyclic) bond motifs is 3. The van der Waals surface area contributed by atoms with Crippen molar-refractivity contribution in [2.45, 2.75) is 11.3 Å². The van der Waals surface area contributed by atoms with E-state index in [0.717, 1.165) is 30.9 Å². The average molecular weight is 282 g/mol. The predicted molar refractivity (Wildman–Crippen MR) is 82.1 cm³/mol. The fourth-order valence-electron chi connectivity index (χ4n) is 2.63. The minimum atomic E-state index is 0.302. The Kier molecular flexibility index (Phi) is 2.70. The van der Waals surface area contributed by atoms with Crippen molar-refractivity contribution in [3.63, 3.8) is 0 Å². The molecule has 2 aromatic carbocycles. The second-order valence-corrected chi connectivity index (χ2v) is 6.07. The number of benzene rings is 2. The van der Waals surface area contributed by atoms with E-state index in [2.05, 4.69) is 27.5 Å². The zero-order chi connectivity index (χ0) is 13.5. The van der Waals surface area contributed by atoms with Crippen LogP contribution in [-0.2, 0) is 0 Å². The van der Waals surface area contributed by atoms with Gasteiger partial charge in [-0.3, -0.25) is 9.30 Å². The molecule has 0 saturated heterocycles. The second kappa shape index (κ2) is 4.56. The van der Waals surface area contributed by atoms with Crippen LogP contribution in [0.5, 0.6) is 5.75 Å². The Balaban J connectivity index is 1.75. The molecule has 0 atom stereocenters. The Hall–Kier alpha value is -1.94. The van der Waals surface area contributed by atoms with Crippen molar-refractivity contribution in [2.24, 2.45) is 4.99 Å². The molecule has 0 unspecified atom stereocenters. The van der Waals surface area contributed by atoms with Gasteiger partial charge < -0.3 is 5.11 Å². The molecule has 1 N–H and O–H groups in total. The summed E-state index contributed by atoms with van der Waals surface area (Å²) in [5, 5.41) is 9.37. The third kappa shape index (κ3) is 1.88. The van der Waals surface area contributed by atoms with E-state index in [1.54, 1.807) is 24.1 Å². The maximum atomic E-state index is 9.37. The number of aliphatic imine (C=N–C) groups is 1. The first kappa shape index (κ1) is 11.9. The molecule has 20 heavy (non-hydrogen) atoms. The van der Waals surface area contributed by atoms with Gasteiger partial charge in [-0.2, -0.15) is 0 Å². The number of hydrogen-bond donors (Lipinski definition) is 1. The van der Waals surface area contributed by atoms with Gasteiger partial charge >= 0.3 is 0 Å². The lowest BCUT2D eigenvalue weighted by atomic mass is 10.0. The number of aromatic hydroxyl groups is 1. The van der Waals surface area contributed by atoms with E-state index in [1.165, 1.54) is 16.0 Å². The summed E-state index contributed by atoms with van der Waals surface area (Å²) in [5.41, 5.74) is 3.55. The second-order valence-electron chi connectivity index (χ2n) is 5.01. The Labute approximate surface area is 122 Å². The highest BCUT2D eigenvalue weighted by molar-refractivity contribution is 7.98. The largest absolute Gasteiger partial charge is 0.508 e. The van der Waals surface area contributed by atoms with Gasteiger partial charge in [-0.15, -0.1) is 0 Å². The molecule has 0 aromatic heterocycles. The third-order valence-electron chi connectivity index (χ3n) is 3.65. The minimum absolute atomic E-state index is 0.302. The lowest BCUT2D eigenvalue weighted by molar-refractivity contribution is 0.475. The fourth-order valence-corrected chi connectivity index (χ4v) is 3.76. The molecule has 4 heteroatoms. The molecule has 0 bridgehead atoms. The van der Waals surface area contributed by atoms with Gasteiger partial charge in [0.05, 0.1) is 0 Å². The normalized spacial score (nSPS) is 16.6. The van der Waals surface area contributed by atoms with Crippen LogP contribution in [0.15, 0.2) is 52.4 Å². The summed E-state index contributed by atoms with van der Waals surface area (Å²) in [6, 6.07) is 13.9. The lowest BCUT2D eigenvalue weighted by Gasteiger charge is -2.20. The molecule has 2 aromatic rings. The van der Waals surface area contributed by atoms with Crippen LogP contribution in [0.25, 0.3) is 11.1 Å². The average Bonchev–Trinajstić information content (AvgIpc) is 2.85. The first-order chi connectivity index (χ1) is 9.81. The summed E-state index contributed by atoms with van der Waals surface area (Å²) in [7, 11) is 0. The van der Waals surface area contributed by atoms with Gasteiger partial charge in [0.1, 0.15) is 11.6 Å². The highest BCUT2D eigenvalue weighted by Gasteiger charge is 2.28. The van der Waals surface area contributed by atoms with Crippen LogP contribution in [0.3, 0.4) is 0 Å². The van der Waals surface area contributed by atoms with Crippen LogP contribution in [0.4, 0.5) is 0 Å². The van der Waals surface area contributed by atoms with Crippen molar-refractivity contribution in [2.75, 3.05) is 13.1 Å². The quantitative estimate of drug-likeness (QED) is 0.813. The van der Waals surface area contributed by atoms with E-state index in [4.69, 9.17) is 0 Å². The van der Waals surface area contributed by atoms with Gasteiger partial charge in [0.25, 0.3) is 0 Å². The molecule has 3 nitrogen and oxygen atoms in total. The van der Waals surface area contributed by atoms with Gasteiger partial charge in [0, 0.05) is 23.5 Å². The van der Waals surface area contributed by atoms with Gasteiger partial charge in [-0.05, 0) is 53.8 Å². The standard InChI is InChI=1S/C16H14N2OS/c19-13-5-2-11(3-6-13)12-4-7-14-15(10-12)20-18-9-1-8-17-16(14)18/h2-7,10,19H,1,8-9H2. The first-order valence-corrected chi connectivity index (χ1v) is 7.52. The van der Waals surface area contributed by atoms with Crippen LogP contribution in [0.2, 0.25) is 0 Å². The van der Waals surface area contributed by atoms with Crippen LogP contribution >= 0.6 is 11.9 Å². The van der Waals surface area contributed by atoms with E-state index in [9.17, 15) is 5.11 Å². The van der Waals surface area contributed by atoms with Crippen LogP contribution < -0.4 is 0 Å². The monoisotopic (exact) mass is 282 g/mol. The molecule has 0 spiro atoms. The smallest absolute Gasteiger partial charge is 0.142 e. The highest BCUT2D eigenvalue weighted by Crippen LogP contribution is 2.39. The van der Waals surface area contributed by atoms with Gasteiger partial charge in [-0.1, -0.05) is 18.2 Å². The topological polar surface area (TPSA) is 35.8 Å². The number of nitrogens with zero attached hydrogens (tertiary/aromatic N) is 2.